The molecule has 3 heterocycles. The van der Waals surface area contributed by atoms with Gasteiger partial charge in [0, 0.05) is 49.1 Å². The number of rotatable bonds is 2. The van der Waals surface area contributed by atoms with E-state index in [2.05, 4.69) is 97.7 Å². The minimum Gasteiger partial charge on any atom is -0.457 e. The summed E-state index contributed by atoms with van der Waals surface area (Å²) in [7, 11) is 0. The molecule has 0 radical (unpaired) electrons. The first kappa shape index (κ1) is 20.4. The Bertz CT molecular complexity index is 1720. The van der Waals surface area contributed by atoms with Gasteiger partial charge < -0.3 is 4.74 Å². The van der Waals surface area contributed by atoms with Crippen molar-refractivity contribution in [2.45, 2.75) is 19.3 Å². The Hall–Kier alpha value is -3.95. The maximum atomic E-state index is 6.31. The molecule has 0 bridgehead atoms. The minimum absolute atomic E-state index is 0.312. The van der Waals surface area contributed by atoms with Gasteiger partial charge in [-0.2, -0.15) is 0 Å². The van der Waals surface area contributed by atoms with Gasteiger partial charge in [-0.25, -0.2) is 0 Å². The largest absolute Gasteiger partial charge is 0.457 e. The molecule has 2 nitrogen and oxygen atoms in total. The third kappa shape index (κ3) is 2.92. The Morgan fingerprint density at radius 2 is 1.49 bits per heavy atom. The fourth-order valence-electron chi connectivity index (χ4n) is 5.61. The van der Waals surface area contributed by atoms with E-state index in [0.29, 0.717) is 0 Å². The van der Waals surface area contributed by atoms with Crippen molar-refractivity contribution < 1.29 is 4.74 Å². The summed E-state index contributed by atoms with van der Waals surface area (Å²) < 4.78 is 8.94. The zero-order chi connectivity index (χ0) is 23.6. The first-order chi connectivity index (χ1) is 17.1. The van der Waals surface area contributed by atoms with Crippen LogP contribution in [-0.2, 0) is 5.41 Å². The minimum atomic E-state index is -0.312. The van der Waals surface area contributed by atoms with Crippen molar-refractivity contribution in [3.05, 3.63) is 126 Å². The van der Waals surface area contributed by atoms with E-state index < -0.39 is 0 Å². The van der Waals surface area contributed by atoms with Gasteiger partial charge in [0.1, 0.15) is 11.5 Å². The molecule has 168 valence electrons. The summed E-state index contributed by atoms with van der Waals surface area (Å²) in [6.07, 6.45) is 3.83. The van der Waals surface area contributed by atoms with Crippen LogP contribution in [0.2, 0.25) is 0 Å². The number of hydrogen-bond acceptors (Lipinski definition) is 3. The predicted octanol–water partition coefficient (Wildman–Crippen LogP) is 8.88. The number of fused-ring (bicyclic) bond motifs is 5. The number of para-hydroxylation sites is 2. The molecule has 1 aliphatic heterocycles. The van der Waals surface area contributed by atoms with Crippen LogP contribution in [0.25, 0.3) is 31.3 Å². The summed E-state index contributed by atoms with van der Waals surface area (Å²) in [5, 5.41) is 2.61. The normalized spacial score (nSPS) is 13.9. The summed E-state index contributed by atoms with van der Waals surface area (Å²) in [6.45, 7) is 4.46. The zero-order valence-corrected chi connectivity index (χ0v) is 20.4. The lowest BCUT2D eigenvalue weighted by Gasteiger charge is -2.38. The van der Waals surface area contributed by atoms with E-state index in [1.807, 2.05) is 35.9 Å². The SMILES string of the molecule is Cc1cnccc1-c1cccc2c1sc1ccc(C3(C)c4ccccc4Oc4ccccc43)cc12. The molecular weight excluding hydrogens is 446 g/mol. The molecule has 0 N–H and O–H groups in total. The maximum absolute atomic E-state index is 6.31. The number of pyridine rings is 1. The Balaban J connectivity index is 1.50. The van der Waals surface area contributed by atoms with Crippen molar-refractivity contribution in [3.8, 4) is 22.6 Å². The zero-order valence-electron chi connectivity index (χ0n) is 19.6. The lowest BCUT2D eigenvalue weighted by molar-refractivity contribution is 0.427. The molecular formula is C32H23NOS. The van der Waals surface area contributed by atoms with Crippen molar-refractivity contribution in [2.75, 3.05) is 0 Å². The van der Waals surface area contributed by atoms with E-state index in [0.717, 1.165) is 11.5 Å². The average molecular weight is 470 g/mol. The van der Waals surface area contributed by atoms with Gasteiger partial charge in [0.25, 0.3) is 0 Å². The third-order valence-corrected chi connectivity index (χ3v) is 8.68. The molecule has 0 saturated carbocycles. The van der Waals surface area contributed by atoms with Crippen LogP contribution in [-0.4, -0.2) is 4.98 Å². The van der Waals surface area contributed by atoms with Crippen LogP contribution in [0.3, 0.4) is 0 Å². The van der Waals surface area contributed by atoms with Gasteiger partial charge in [0.15, 0.2) is 0 Å². The summed E-state index contributed by atoms with van der Waals surface area (Å²) in [5.74, 6) is 1.86. The molecule has 0 atom stereocenters. The molecule has 2 aromatic heterocycles. The first-order valence-corrected chi connectivity index (χ1v) is 12.7. The molecule has 0 saturated heterocycles. The summed E-state index contributed by atoms with van der Waals surface area (Å²) in [6, 6.07) is 32.6. The molecule has 35 heavy (non-hydrogen) atoms. The predicted molar refractivity (Wildman–Crippen MR) is 146 cm³/mol. The van der Waals surface area contributed by atoms with Gasteiger partial charge in [-0.15, -0.1) is 11.3 Å². The maximum Gasteiger partial charge on any atom is 0.131 e. The lowest BCUT2D eigenvalue weighted by atomic mass is 9.69. The van der Waals surface area contributed by atoms with Gasteiger partial charge in [-0.05, 0) is 66.4 Å². The Morgan fingerprint density at radius 3 is 2.23 bits per heavy atom. The Kier molecular flexibility index (Phi) is 4.39. The van der Waals surface area contributed by atoms with Gasteiger partial charge in [0.05, 0.1) is 0 Å². The van der Waals surface area contributed by atoms with Gasteiger partial charge in [-0.1, -0.05) is 60.7 Å². The number of ether oxygens (including phenoxy) is 1. The summed E-state index contributed by atoms with van der Waals surface area (Å²) in [5.41, 5.74) is 7.08. The van der Waals surface area contributed by atoms with E-state index >= 15 is 0 Å². The highest BCUT2D eigenvalue weighted by Crippen LogP contribution is 2.52. The number of hydrogen-bond donors (Lipinski definition) is 0. The topological polar surface area (TPSA) is 22.1 Å². The molecule has 7 rings (SSSR count). The Morgan fingerprint density at radius 1 is 0.743 bits per heavy atom. The smallest absolute Gasteiger partial charge is 0.131 e. The van der Waals surface area contributed by atoms with Crippen molar-refractivity contribution in [1.29, 1.82) is 0 Å². The van der Waals surface area contributed by atoms with Crippen molar-refractivity contribution in [2.24, 2.45) is 0 Å². The lowest BCUT2D eigenvalue weighted by Crippen LogP contribution is -2.29. The van der Waals surface area contributed by atoms with Crippen LogP contribution in [0.5, 0.6) is 11.5 Å². The number of aromatic nitrogens is 1. The molecule has 0 amide bonds. The van der Waals surface area contributed by atoms with Crippen LogP contribution in [0, 0.1) is 6.92 Å². The van der Waals surface area contributed by atoms with Crippen LogP contribution in [0.15, 0.2) is 103 Å². The van der Waals surface area contributed by atoms with Gasteiger partial charge in [0.2, 0.25) is 0 Å². The quantitative estimate of drug-likeness (QED) is 0.253. The molecule has 1 aliphatic rings. The van der Waals surface area contributed by atoms with E-state index in [4.69, 9.17) is 4.74 Å². The number of thiophene rings is 1. The van der Waals surface area contributed by atoms with E-state index in [1.165, 1.54) is 53.6 Å². The summed E-state index contributed by atoms with van der Waals surface area (Å²) in [4.78, 5) is 4.29. The molecule has 3 heteroatoms. The molecule has 6 aromatic rings. The first-order valence-electron chi connectivity index (χ1n) is 11.9. The molecule has 4 aromatic carbocycles. The second-order valence-electron chi connectivity index (χ2n) is 9.41. The fourth-order valence-corrected chi connectivity index (χ4v) is 6.82. The van der Waals surface area contributed by atoms with Crippen molar-refractivity contribution in [3.63, 3.8) is 0 Å². The Labute approximate surface area is 208 Å². The van der Waals surface area contributed by atoms with Crippen molar-refractivity contribution >= 4 is 31.5 Å². The average Bonchev–Trinajstić information content (AvgIpc) is 3.27. The second kappa shape index (κ2) is 7.53. The van der Waals surface area contributed by atoms with E-state index in [9.17, 15) is 0 Å². The highest BCUT2D eigenvalue weighted by molar-refractivity contribution is 7.26. The van der Waals surface area contributed by atoms with E-state index in [1.54, 1.807) is 0 Å². The molecule has 0 fully saturated rings. The molecule has 0 aliphatic carbocycles. The van der Waals surface area contributed by atoms with Crippen LogP contribution in [0.1, 0.15) is 29.2 Å². The summed E-state index contributed by atoms with van der Waals surface area (Å²) >= 11 is 1.87. The number of nitrogens with zero attached hydrogens (tertiary/aromatic N) is 1. The highest BCUT2D eigenvalue weighted by atomic mass is 32.1. The van der Waals surface area contributed by atoms with Crippen molar-refractivity contribution in [1.82, 2.24) is 4.98 Å². The van der Waals surface area contributed by atoms with Crippen LogP contribution in [0.4, 0.5) is 0 Å². The van der Waals surface area contributed by atoms with Gasteiger partial charge in [-0.3, -0.25) is 4.98 Å². The monoisotopic (exact) mass is 469 g/mol. The molecule has 0 spiro atoms. The van der Waals surface area contributed by atoms with E-state index in [-0.39, 0.29) is 5.41 Å². The van der Waals surface area contributed by atoms with Gasteiger partial charge >= 0.3 is 0 Å². The number of aryl methyl sites for hydroxylation is 1. The highest BCUT2D eigenvalue weighted by Gasteiger charge is 2.39. The fraction of sp³-hybridized carbons (Fsp3) is 0.0938. The van der Waals surface area contributed by atoms with Crippen LogP contribution < -0.4 is 4.74 Å². The standard InChI is InChI=1S/C32H23NOS/c1-20-19-33-17-16-22(20)23-8-7-9-24-25-18-21(14-15-30(25)35-31(23)24)32(2)26-10-3-5-12-28(26)34-29-13-6-4-11-27(29)32/h3-19H,1-2H3. The molecule has 0 unspecified atom stereocenters. The third-order valence-electron chi connectivity index (χ3n) is 7.46. The second-order valence-corrected chi connectivity index (χ2v) is 10.5. The van der Waals surface area contributed by atoms with Crippen LogP contribution >= 0.6 is 11.3 Å². The number of benzene rings is 4.